The molecule has 3 aliphatic rings. The molecular weight excluding hydrogens is 292 g/mol. The summed E-state index contributed by atoms with van der Waals surface area (Å²) in [5.41, 5.74) is 7.52. The molecule has 1 aromatic carbocycles. The van der Waals surface area contributed by atoms with Crippen molar-refractivity contribution in [2.24, 2.45) is 11.7 Å². The topological polar surface area (TPSA) is 68.0 Å². The van der Waals surface area contributed by atoms with Crippen LogP contribution in [0.25, 0.3) is 0 Å². The smallest absolute Gasteiger partial charge is 0.176 e. The van der Waals surface area contributed by atoms with E-state index >= 15 is 0 Å². The summed E-state index contributed by atoms with van der Waals surface area (Å²) in [7, 11) is 0. The molecule has 5 atom stereocenters. The van der Waals surface area contributed by atoms with Crippen molar-refractivity contribution in [3.63, 3.8) is 0 Å². The van der Waals surface area contributed by atoms with Crippen LogP contribution in [-0.2, 0) is 15.9 Å². The fourth-order valence-corrected chi connectivity index (χ4v) is 4.22. The molecule has 0 aliphatic carbocycles. The third-order valence-electron chi connectivity index (χ3n) is 5.62. The summed E-state index contributed by atoms with van der Waals surface area (Å²) in [5, 5.41) is 10.5. The highest BCUT2D eigenvalue weighted by molar-refractivity contribution is 5.15. The van der Waals surface area contributed by atoms with Crippen LogP contribution < -0.4 is 5.73 Å². The first-order valence-electron chi connectivity index (χ1n) is 8.71. The van der Waals surface area contributed by atoms with Crippen molar-refractivity contribution in [1.82, 2.24) is 4.90 Å². The number of nitrogens with two attached hydrogens (primary N) is 1. The van der Waals surface area contributed by atoms with E-state index in [0.717, 1.165) is 32.4 Å². The lowest BCUT2D eigenvalue weighted by Crippen LogP contribution is -2.64. The van der Waals surface area contributed by atoms with Crippen molar-refractivity contribution >= 4 is 0 Å². The Morgan fingerprint density at radius 3 is 2.65 bits per heavy atom. The van der Waals surface area contributed by atoms with Crippen molar-refractivity contribution in [2.45, 2.75) is 49.8 Å². The predicted molar refractivity (Wildman–Crippen MR) is 86.8 cm³/mol. The molecule has 23 heavy (non-hydrogen) atoms. The van der Waals surface area contributed by atoms with Crippen LogP contribution in [0, 0.1) is 5.92 Å². The van der Waals surface area contributed by atoms with Gasteiger partial charge in [0.15, 0.2) is 6.29 Å². The highest BCUT2D eigenvalue weighted by Gasteiger charge is 2.51. The van der Waals surface area contributed by atoms with E-state index in [1.807, 2.05) is 0 Å². The van der Waals surface area contributed by atoms with Crippen LogP contribution in [0.1, 0.15) is 18.4 Å². The Hall–Kier alpha value is -0.980. The van der Waals surface area contributed by atoms with Crippen LogP contribution in [0.5, 0.6) is 0 Å². The van der Waals surface area contributed by atoms with Gasteiger partial charge in [0.05, 0.1) is 24.8 Å². The quantitative estimate of drug-likeness (QED) is 0.861. The third-order valence-corrected chi connectivity index (χ3v) is 5.62. The van der Waals surface area contributed by atoms with Gasteiger partial charge in [0, 0.05) is 0 Å². The van der Waals surface area contributed by atoms with Crippen LogP contribution in [-0.4, -0.2) is 60.3 Å². The molecule has 1 aromatic rings. The number of benzene rings is 1. The normalized spacial score (nSPS) is 38.8. The van der Waals surface area contributed by atoms with E-state index in [0.29, 0.717) is 12.5 Å². The molecule has 126 valence electrons. The monoisotopic (exact) mass is 318 g/mol. The number of likely N-dealkylation sites (tertiary alicyclic amines) is 1. The molecule has 2 bridgehead atoms. The first kappa shape index (κ1) is 15.5. The van der Waals surface area contributed by atoms with Gasteiger partial charge in [-0.1, -0.05) is 30.3 Å². The molecule has 5 nitrogen and oxygen atoms in total. The number of ether oxygens (including phenoxy) is 2. The number of aliphatic hydroxyl groups excluding tert-OH is 1. The molecule has 3 N–H and O–H groups in total. The van der Waals surface area contributed by atoms with Gasteiger partial charge >= 0.3 is 0 Å². The zero-order valence-electron chi connectivity index (χ0n) is 13.4. The molecule has 0 radical (unpaired) electrons. The van der Waals surface area contributed by atoms with Crippen molar-refractivity contribution in [3.8, 4) is 0 Å². The van der Waals surface area contributed by atoms with E-state index in [1.54, 1.807) is 0 Å². The lowest BCUT2D eigenvalue weighted by Gasteiger charge is -2.45. The van der Waals surface area contributed by atoms with Gasteiger partial charge < -0.3 is 20.3 Å². The van der Waals surface area contributed by atoms with Gasteiger partial charge in [-0.05, 0) is 43.8 Å². The number of piperidine rings is 1. The zero-order chi connectivity index (χ0) is 15.8. The number of aliphatic hydroxyl groups is 1. The summed E-state index contributed by atoms with van der Waals surface area (Å²) in [5.74, 6) is 0.709. The van der Waals surface area contributed by atoms with Crippen LogP contribution in [0.15, 0.2) is 30.3 Å². The van der Waals surface area contributed by atoms with Crippen molar-refractivity contribution in [1.29, 1.82) is 0 Å². The van der Waals surface area contributed by atoms with E-state index in [-0.39, 0.29) is 24.5 Å². The van der Waals surface area contributed by atoms with Crippen LogP contribution in [0.3, 0.4) is 0 Å². The summed E-state index contributed by atoms with van der Waals surface area (Å²) in [6, 6.07) is 10.2. The average Bonchev–Trinajstić information content (AvgIpc) is 3.02. The molecule has 0 saturated carbocycles. The van der Waals surface area contributed by atoms with Gasteiger partial charge in [-0.2, -0.15) is 0 Å². The van der Waals surface area contributed by atoms with Gasteiger partial charge in [0.25, 0.3) is 0 Å². The van der Waals surface area contributed by atoms with Crippen molar-refractivity contribution in [2.75, 3.05) is 19.7 Å². The van der Waals surface area contributed by atoms with E-state index in [2.05, 4.69) is 35.2 Å². The Labute approximate surface area is 137 Å². The summed E-state index contributed by atoms with van der Waals surface area (Å²) in [6.45, 7) is 2.45. The SMILES string of the molecule is N[C@H]1[C@H](O)[C@H](N2CCC(Cc3ccccc3)CC2)[C@@H]2OC[C@@H]1O2. The zero-order valence-corrected chi connectivity index (χ0v) is 13.4. The lowest BCUT2D eigenvalue weighted by atomic mass is 9.88. The minimum Gasteiger partial charge on any atom is -0.390 e. The van der Waals surface area contributed by atoms with E-state index in [9.17, 15) is 5.11 Å². The first-order chi connectivity index (χ1) is 11.2. The van der Waals surface area contributed by atoms with E-state index in [1.165, 1.54) is 5.56 Å². The highest BCUT2D eigenvalue weighted by atomic mass is 16.7. The maximum Gasteiger partial charge on any atom is 0.176 e. The van der Waals surface area contributed by atoms with Crippen LogP contribution in [0.4, 0.5) is 0 Å². The van der Waals surface area contributed by atoms with Gasteiger partial charge in [0.2, 0.25) is 0 Å². The summed E-state index contributed by atoms with van der Waals surface area (Å²) < 4.78 is 11.5. The fourth-order valence-electron chi connectivity index (χ4n) is 4.22. The van der Waals surface area contributed by atoms with Crippen molar-refractivity contribution < 1.29 is 14.6 Å². The molecular formula is C18H26N2O3. The fraction of sp³-hybridized carbons (Fsp3) is 0.667. The largest absolute Gasteiger partial charge is 0.390 e. The maximum atomic E-state index is 10.5. The molecule has 0 amide bonds. The summed E-state index contributed by atoms with van der Waals surface area (Å²) in [6.07, 6.45) is 2.39. The molecule has 3 aliphatic heterocycles. The van der Waals surface area contributed by atoms with Gasteiger partial charge in [0.1, 0.15) is 6.10 Å². The number of fused-ring (bicyclic) bond motifs is 2. The Bertz CT molecular complexity index is 518. The number of rotatable bonds is 3. The summed E-state index contributed by atoms with van der Waals surface area (Å²) >= 11 is 0. The van der Waals surface area contributed by atoms with Crippen molar-refractivity contribution in [3.05, 3.63) is 35.9 Å². The second-order valence-corrected chi connectivity index (χ2v) is 7.10. The molecule has 3 saturated heterocycles. The predicted octanol–water partition coefficient (Wildman–Crippen LogP) is 0.753. The number of hydrogen-bond acceptors (Lipinski definition) is 5. The maximum absolute atomic E-state index is 10.5. The third kappa shape index (κ3) is 3.04. The molecule has 0 aromatic heterocycles. The molecule has 0 spiro atoms. The van der Waals surface area contributed by atoms with Crippen LogP contribution in [0.2, 0.25) is 0 Å². The molecule has 3 fully saturated rings. The Morgan fingerprint density at radius 2 is 1.91 bits per heavy atom. The summed E-state index contributed by atoms with van der Waals surface area (Å²) in [4.78, 5) is 2.32. The second-order valence-electron chi connectivity index (χ2n) is 7.10. The van der Waals surface area contributed by atoms with Gasteiger partial charge in [-0.15, -0.1) is 0 Å². The molecule has 3 heterocycles. The lowest BCUT2D eigenvalue weighted by molar-refractivity contribution is -0.181. The standard InChI is InChI=1S/C18H26N2O3/c19-15-14-11-22-18(23-14)16(17(15)21)20-8-6-13(7-9-20)10-12-4-2-1-3-5-12/h1-5,13-18,21H,6-11,19H2/t14-,15+,16-,17-,18+/m0/s1. The minimum atomic E-state index is -0.563. The van der Waals surface area contributed by atoms with Crippen LogP contribution >= 0.6 is 0 Å². The Balaban J connectivity index is 1.36. The van der Waals surface area contributed by atoms with E-state index < -0.39 is 6.10 Å². The Kier molecular flexibility index (Phi) is 4.39. The van der Waals surface area contributed by atoms with E-state index in [4.69, 9.17) is 15.2 Å². The first-order valence-corrected chi connectivity index (χ1v) is 8.71. The van der Waals surface area contributed by atoms with Gasteiger partial charge in [-0.3, -0.25) is 4.90 Å². The molecule has 4 rings (SSSR count). The second kappa shape index (κ2) is 6.49. The highest BCUT2D eigenvalue weighted by Crippen LogP contribution is 2.33. The average molecular weight is 318 g/mol. The molecule has 0 unspecified atom stereocenters. The Morgan fingerprint density at radius 1 is 1.17 bits per heavy atom. The molecule has 5 heteroatoms. The number of hydrogen-bond donors (Lipinski definition) is 2. The minimum absolute atomic E-state index is 0.124. The van der Waals surface area contributed by atoms with Gasteiger partial charge in [-0.25, -0.2) is 0 Å². The number of nitrogens with zero attached hydrogens (tertiary/aromatic N) is 1.